The molecule has 5 N–H and O–H groups in total. The molecule has 0 aliphatic heterocycles. The van der Waals surface area contributed by atoms with Crippen LogP contribution in [0.5, 0.6) is 28.7 Å². The SMILES string of the molecule is COc1cccc(O)c1C(C)C.COc1cccc(Oc2cnc(N)nc2N)c1C(C)C. The Morgan fingerprint density at radius 3 is 1.81 bits per heavy atom. The van der Waals surface area contributed by atoms with Crippen LogP contribution in [0.15, 0.2) is 42.6 Å². The first-order chi connectivity index (χ1) is 15.2. The molecule has 0 atom stereocenters. The highest BCUT2D eigenvalue weighted by atomic mass is 16.5. The zero-order valence-electron chi connectivity index (χ0n) is 19.4. The Labute approximate surface area is 189 Å². The lowest BCUT2D eigenvalue weighted by atomic mass is 10.0. The second-order valence-corrected chi connectivity index (χ2v) is 7.65. The minimum Gasteiger partial charge on any atom is -0.508 e. The molecule has 0 aliphatic rings. The minimum atomic E-state index is 0.115. The Morgan fingerprint density at radius 1 is 0.781 bits per heavy atom. The molecule has 0 fully saturated rings. The largest absolute Gasteiger partial charge is 0.508 e. The van der Waals surface area contributed by atoms with E-state index < -0.39 is 0 Å². The van der Waals surface area contributed by atoms with Crippen molar-refractivity contribution >= 4 is 11.8 Å². The first-order valence-corrected chi connectivity index (χ1v) is 10.3. The van der Waals surface area contributed by atoms with Crippen molar-refractivity contribution in [3.8, 4) is 28.7 Å². The van der Waals surface area contributed by atoms with Gasteiger partial charge in [0, 0.05) is 11.1 Å². The van der Waals surface area contributed by atoms with Gasteiger partial charge in [0.2, 0.25) is 5.95 Å². The van der Waals surface area contributed by atoms with E-state index in [1.54, 1.807) is 26.4 Å². The van der Waals surface area contributed by atoms with Crippen molar-refractivity contribution in [3.05, 3.63) is 53.7 Å². The maximum Gasteiger partial charge on any atom is 0.222 e. The number of hydrogen-bond donors (Lipinski definition) is 3. The third-order valence-electron chi connectivity index (χ3n) is 4.69. The lowest BCUT2D eigenvalue weighted by molar-refractivity contribution is 0.396. The fourth-order valence-corrected chi connectivity index (χ4v) is 3.25. The van der Waals surface area contributed by atoms with Gasteiger partial charge in [-0.05, 0) is 36.1 Å². The third kappa shape index (κ3) is 5.94. The number of hydrogen-bond acceptors (Lipinski definition) is 8. The van der Waals surface area contributed by atoms with Gasteiger partial charge in [-0.1, -0.05) is 39.8 Å². The maximum atomic E-state index is 9.51. The van der Waals surface area contributed by atoms with E-state index >= 15 is 0 Å². The summed E-state index contributed by atoms with van der Waals surface area (Å²) in [5.74, 6) is 3.70. The van der Waals surface area contributed by atoms with Crippen LogP contribution in [0.4, 0.5) is 11.8 Å². The monoisotopic (exact) mass is 440 g/mol. The highest BCUT2D eigenvalue weighted by Gasteiger charge is 2.16. The molecule has 0 saturated heterocycles. The van der Waals surface area contributed by atoms with E-state index in [1.807, 2.05) is 38.1 Å². The Kier molecular flexibility index (Phi) is 8.52. The number of anilines is 2. The van der Waals surface area contributed by atoms with Gasteiger partial charge in [0.1, 0.15) is 23.0 Å². The van der Waals surface area contributed by atoms with Gasteiger partial charge >= 0.3 is 0 Å². The first-order valence-electron chi connectivity index (χ1n) is 10.3. The summed E-state index contributed by atoms with van der Waals surface area (Å²) in [7, 11) is 3.24. The van der Waals surface area contributed by atoms with E-state index in [1.165, 1.54) is 6.20 Å². The third-order valence-corrected chi connectivity index (χ3v) is 4.69. The molecule has 3 aromatic rings. The van der Waals surface area contributed by atoms with Crippen molar-refractivity contribution in [3.63, 3.8) is 0 Å². The zero-order valence-corrected chi connectivity index (χ0v) is 19.4. The van der Waals surface area contributed by atoms with Crippen LogP contribution in [0, 0.1) is 0 Å². The van der Waals surface area contributed by atoms with Crippen LogP contribution in [-0.2, 0) is 0 Å². The molecule has 1 aromatic heterocycles. The van der Waals surface area contributed by atoms with Gasteiger partial charge in [0.05, 0.1) is 20.4 Å². The number of methoxy groups -OCH3 is 2. The summed E-state index contributed by atoms with van der Waals surface area (Å²) in [5.41, 5.74) is 13.1. The van der Waals surface area contributed by atoms with E-state index in [9.17, 15) is 5.11 Å². The Bertz CT molecular complexity index is 1040. The van der Waals surface area contributed by atoms with Gasteiger partial charge in [0.15, 0.2) is 11.6 Å². The van der Waals surface area contributed by atoms with Gasteiger partial charge in [-0.15, -0.1) is 0 Å². The highest BCUT2D eigenvalue weighted by Crippen LogP contribution is 2.38. The molecule has 172 valence electrons. The maximum absolute atomic E-state index is 9.51. The van der Waals surface area contributed by atoms with Crippen molar-refractivity contribution in [2.45, 2.75) is 39.5 Å². The normalized spacial score (nSPS) is 10.5. The molecule has 2 aromatic carbocycles. The quantitative estimate of drug-likeness (QED) is 0.484. The first kappa shape index (κ1) is 24.6. The Morgan fingerprint density at radius 2 is 1.31 bits per heavy atom. The highest BCUT2D eigenvalue weighted by molar-refractivity contribution is 5.53. The summed E-state index contributed by atoms with van der Waals surface area (Å²) in [6, 6.07) is 10.9. The lowest BCUT2D eigenvalue weighted by Crippen LogP contribution is -2.03. The smallest absolute Gasteiger partial charge is 0.222 e. The molecule has 3 rings (SSSR count). The number of benzene rings is 2. The molecule has 8 heteroatoms. The molecule has 0 bridgehead atoms. The fourth-order valence-electron chi connectivity index (χ4n) is 3.25. The van der Waals surface area contributed by atoms with Gasteiger partial charge in [0.25, 0.3) is 0 Å². The van der Waals surface area contributed by atoms with Gasteiger partial charge in [-0.2, -0.15) is 4.98 Å². The van der Waals surface area contributed by atoms with Crippen LogP contribution in [0.25, 0.3) is 0 Å². The van der Waals surface area contributed by atoms with E-state index in [-0.39, 0.29) is 23.6 Å². The molecule has 0 spiro atoms. The molecule has 0 unspecified atom stereocenters. The van der Waals surface area contributed by atoms with Crippen molar-refractivity contribution in [1.82, 2.24) is 9.97 Å². The van der Waals surface area contributed by atoms with Gasteiger partial charge in [-0.3, -0.25) is 0 Å². The molecule has 0 radical (unpaired) electrons. The van der Waals surface area contributed by atoms with Crippen molar-refractivity contribution in [1.29, 1.82) is 0 Å². The number of nitrogen functional groups attached to an aromatic ring is 2. The fraction of sp³-hybridized carbons (Fsp3) is 0.333. The predicted octanol–water partition coefficient (Wildman–Crippen LogP) is 5.09. The number of ether oxygens (including phenoxy) is 3. The molecule has 0 amide bonds. The van der Waals surface area contributed by atoms with E-state index in [0.29, 0.717) is 17.2 Å². The van der Waals surface area contributed by atoms with Crippen molar-refractivity contribution in [2.24, 2.45) is 0 Å². The molecular formula is C24H32N4O4. The Balaban J connectivity index is 0.000000258. The topological polar surface area (TPSA) is 126 Å². The number of rotatable bonds is 6. The number of phenolic OH excluding ortho intramolecular Hbond substituents is 1. The molecule has 32 heavy (non-hydrogen) atoms. The standard InChI is InChI=1S/C14H18N4O2.C10H14O2/c1-8(2)12-9(19-3)5-4-6-10(12)20-11-7-17-14(16)18-13(11)15;1-7(2)10-8(11)5-4-6-9(10)12-3/h4-8H,1-3H3,(H4,15,16,17,18);4-7,11H,1-3H3. The van der Waals surface area contributed by atoms with Crippen LogP contribution in [-0.4, -0.2) is 29.3 Å². The number of aromatic nitrogens is 2. The average molecular weight is 441 g/mol. The molecule has 0 saturated carbocycles. The van der Waals surface area contributed by atoms with Gasteiger partial charge < -0.3 is 30.8 Å². The molecule has 1 heterocycles. The average Bonchev–Trinajstić information content (AvgIpc) is 2.75. The summed E-state index contributed by atoms with van der Waals surface area (Å²) >= 11 is 0. The van der Waals surface area contributed by atoms with Crippen LogP contribution < -0.4 is 25.7 Å². The number of aromatic hydroxyl groups is 1. The predicted molar refractivity (Wildman–Crippen MR) is 127 cm³/mol. The van der Waals surface area contributed by atoms with Crippen LogP contribution >= 0.6 is 0 Å². The van der Waals surface area contributed by atoms with E-state index in [0.717, 1.165) is 22.6 Å². The van der Waals surface area contributed by atoms with Crippen LogP contribution in [0.3, 0.4) is 0 Å². The summed E-state index contributed by atoms with van der Waals surface area (Å²) < 4.78 is 16.3. The number of nitrogens with zero attached hydrogens (tertiary/aromatic N) is 2. The summed E-state index contributed by atoms with van der Waals surface area (Å²) in [6.07, 6.45) is 1.46. The molecular weight excluding hydrogens is 408 g/mol. The minimum absolute atomic E-state index is 0.115. The van der Waals surface area contributed by atoms with E-state index in [4.69, 9.17) is 25.7 Å². The Hall–Kier alpha value is -3.68. The van der Waals surface area contributed by atoms with Gasteiger partial charge in [-0.25, -0.2) is 4.98 Å². The zero-order chi connectivity index (χ0) is 23.8. The van der Waals surface area contributed by atoms with Crippen LogP contribution in [0.1, 0.15) is 50.7 Å². The van der Waals surface area contributed by atoms with Crippen molar-refractivity contribution < 1.29 is 19.3 Å². The second kappa shape index (κ2) is 11.1. The lowest BCUT2D eigenvalue weighted by Gasteiger charge is -2.17. The van der Waals surface area contributed by atoms with Crippen molar-refractivity contribution in [2.75, 3.05) is 25.7 Å². The molecule has 0 aliphatic carbocycles. The molecule has 8 nitrogen and oxygen atoms in total. The summed E-state index contributed by atoms with van der Waals surface area (Å²) in [6.45, 7) is 8.18. The second-order valence-electron chi connectivity index (χ2n) is 7.65. The number of phenols is 1. The summed E-state index contributed by atoms with van der Waals surface area (Å²) in [4.78, 5) is 7.76. The summed E-state index contributed by atoms with van der Waals surface area (Å²) in [5, 5.41) is 9.51. The van der Waals surface area contributed by atoms with E-state index in [2.05, 4.69) is 23.8 Å². The number of nitrogens with two attached hydrogens (primary N) is 2. The van der Waals surface area contributed by atoms with Crippen LogP contribution in [0.2, 0.25) is 0 Å².